The monoisotopic (exact) mass is 341 g/mol. The van der Waals surface area contributed by atoms with Crippen LogP contribution in [0.15, 0.2) is 18.2 Å². The molecular weight excluding hydrogens is 326 g/mol. The fourth-order valence-corrected chi connectivity index (χ4v) is 2.71. The second kappa shape index (κ2) is 6.58. The fraction of sp³-hybridized carbons (Fsp3) is 0.267. The summed E-state index contributed by atoms with van der Waals surface area (Å²) < 4.78 is 5.34. The Labute approximate surface area is 142 Å². The number of nitrogens with zero attached hydrogens (tertiary/aromatic N) is 5. The van der Waals surface area contributed by atoms with Crippen LogP contribution in [0.1, 0.15) is 5.56 Å². The van der Waals surface area contributed by atoms with Gasteiger partial charge in [-0.1, -0.05) is 0 Å². The molecule has 1 saturated heterocycles. The molecule has 0 amide bonds. The number of nitrogens with two attached hydrogens (primary N) is 2. The number of nitro benzene ring substituents is 1. The number of non-ortho nitro benzene ring substituents is 1. The maximum Gasteiger partial charge on any atom is 0.270 e. The zero-order valence-corrected chi connectivity index (χ0v) is 13.2. The third-order valence-electron chi connectivity index (χ3n) is 3.86. The lowest BCUT2D eigenvalue weighted by molar-refractivity contribution is -0.384. The molecule has 0 radical (unpaired) electrons. The standard InChI is InChI=1S/C15H15N7O3/c16-8-11-13(19-15(18)20-14(11)17)10-7-9(22(23)24)1-2-12(10)21-3-5-25-6-4-21/h1-2,7H,3-6H2,(H4,17,18,19,20). The average molecular weight is 341 g/mol. The summed E-state index contributed by atoms with van der Waals surface area (Å²) >= 11 is 0. The van der Waals surface area contributed by atoms with Crippen molar-refractivity contribution in [3.05, 3.63) is 33.9 Å². The van der Waals surface area contributed by atoms with Crippen molar-refractivity contribution in [3.63, 3.8) is 0 Å². The summed E-state index contributed by atoms with van der Waals surface area (Å²) in [4.78, 5) is 20.6. The molecule has 10 heteroatoms. The van der Waals surface area contributed by atoms with Gasteiger partial charge in [0.05, 0.1) is 23.8 Å². The van der Waals surface area contributed by atoms with E-state index in [-0.39, 0.29) is 28.7 Å². The lowest BCUT2D eigenvalue weighted by atomic mass is 10.0. The van der Waals surface area contributed by atoms with Crippen molar-refractivity contribution in [1.82, 2.24) is 9.97 Å². The fourth-order valence-electron chi connectivity index (χ4n) is 2.71. The number of aromatic nitrogens is 2. The predicted octanol–water partition coefficient (Wildman–Crippen LogP) is 0.924. The molecule has 0 saturated carbocycles. The molecule has 1 fully saturated rings. The first-order chi connectivity index (χ1) is 12.0. The largest absolute Gasteiger partial charge is 0.382 e. The Kier molecular flexibility index (Phi) is 4.32. The van der Waals surface area contributed by atoms with E-state index in [0.29, 0.717) is 37.6 Å². The van der Waals surface area contributed by atoms with E-state index in [1.54, 1.807) is 6.07 Å². The van der Waals surface area contributed by atoms with Crippen molar-refractivity contribution >= 4 is 23.1 Å². The molecule has 1 aromatic heterocycles. The van der Waals surface area contributed by atoms with E-state index < -0.39 is 4.92 Å². The molecule has 25 heavy (non-hydrogen) atoms. The highest BCUT2D eigenvalue weighted by Gasteiger charge is 2.23. The molecule has 0 unspecified atom stereocenters. The highest BCUT2D eigenvalue weighted by atomic mass is 16.6. The second-order valence-electron chi connectivity index (χ2n) is 5.36. The number of morpholine rings is 1. The second-order valence-corrected chi connectivity index (χ2v) is 5.36. The first-order valence-electron chi connectivity index (χ1n) is 7.46. The summed E-state index contributed by atoms with van der Waals surface area (Å²) in [6.07, 6.45) is 0. The molecular formula is C15H15N7O3. The Morgan fingerprint density at radius 3 is 2.64 bits per heavy atom. The van der Waals surface area contributed by atoms with Gasteiger partial charge in [-0.25, -0.2) is 4.98 Å². The molecule has 0 spiro atoms. The molecule has 4 N–H and O–H groups in total. The van der Waals surface area contributed by atoms with Crippen LogP contribution in [0.3, 0.4) is 0 Å². The number of rotatable bonds is 3. The smallest absolute Gasteiger partial charge is 0.270 e. The molecule has 0 atom stereocenters. The first kappa shape index (κ1) is 16.4. The Morgan fingerprint density at radius 2 is 2.00 bits per heavy atom. The molecule has 2 aromatic rings. The first-order valence-corrected chi connectivity index (χ1v) is 7.46. The van der Waals surface area contributed by atoms with E-state index in [2.05, 4.69) is 9.97 Å². The molecule has 128 valence electrons. The van der Waals surface area contributed by atoms with Gasteiger partial charge in [-0.05, 0) is 6.07 Å². The molecule has 0 bridgehead atoms. The van der Waals surface area contributed by atoms with Crippen LogP contribution in [0.2, 0.25) is 0 Å². The highest BCUT2D eigenvalue weighted by molar-refractivity contribution is 5.84. The summed E-state index contributed by atoms with van der Waals surface area (Å²) in [5.74, 6) is -0.171. The van der Waals surface area contributed by atoms with Gasteiger partial charge in [0.15, 0.2) is 0 Å². The summed E-state index contributed by atoms with van der Waals surface area (Å²) in [6.45, 7) is 2.30. The summed E-state index contributed by atoms with van der Waals surface area (Å²) in [5.41, 5.74) is 12.6. The number of nitrogen functional groups attached to an aromatic ring is 2. The molecule has 1 aliphatic heterocycles. The summed E-state index contributed by atoms with van der Waals surface area (Å²) in [7, 11) is 0. The predicted molar refractivity (Wildman–Crippen MR) is 90.7 cm³/mol. The van der Waals surface area contributed by atoms with Crippen molar-refractivity contribution in [2.24, 2.45) is 0 Å². The lowest BCUT2D eigenvalue weighted by Crippen LogP contribution is -2.36. The minimum absolute atomic E-state index is 0.0317. The average Bonchev–Trinajstić information content (AvgIpc) is 2.61. The van der Waals surface area contributed by atoms with Crippen LogP contribution < -0.4 is 16.4 Å². The van der Waals surface area contributed by atoms with Crippen molar-refractivity contribution in [2.75, 3.05) is 42.7 Å². The van der Waals surface area contributed by atoms with E-state index >= 15 is 0 Å². The van der Waals surface area contributed by atoms with E-state index in [1.165, 1.54) is 12.1 Å². The maximum atomic E-state index is 11.2. The number of nitro groups is 1. The Hall–Kier alpha value is -3.45. The number of nitriles is 1. The van der Waals surface area contributed by atoms with Crippen LogP contribution >= 0.6 is 0 Å². The van der Waals surface area contributed by atoms with E-state index in [0.717, 1.165) is 0 Å². The highest BCUT2D eigenvalue weighted by Crippen LogP contribution is 2.36. The number of benzene rings is 1. The van der Waals surface area contributed by atoms with Gasteiger partial charge in [-0.3, -0.25) is 10.1 Å². The number of anilines is 3. The zero-order chi connectivity index (χ0) is 18.0. The van der Waals surface area contributed by atoms with E-state index in [1.807, 2.05) is 11.0 Å². The van der Waals surface area contributed by atoms with Crippen LogP contribution in [0.25, 0.3) is 11.3 Å². The van der Waals surface area contributed by atoms with Gasteiger partial charge in [-0.2, -0.15) is 10.2 Å². The number of hydrogen-bond acceptors (Lipinski definition) is 9. The van der Waals surface area contributed by atoms with E-state index in [4.69, 9.17) is 16.2 Å². The van der Waals surface area contributed by atoms with Gasteiger partial charge in [0.2, 0.25) is 5.95 Å². The summed E-state index contributed by atoms with van der Waals surface area (Å²) in [5, 5.41) is 20.6. The number of ether oxygens (including phenoxy) is 1. The Morgan fingerprint density at radius 1 is 1.28 bits per heavy atom. The lowest BCUT2D eigenvalue weighted by Gasteiger charge is -2.30. The van der Waals surface area contributed by atoms with Crippen LogP contribution in [0, 0.1) is 21.4 Å². The van der Waals surface area contributed by atoms with Gasteiger partial charge in [0.1, 0.15) is 17.5 Å². The minimum atomic E-state index is -0.507. The molecule has 1 aromatic carbocycles. The van der Waals surface area contributed by atoms with Crippen LogP contribution in [-0.2, 0) is 4.74 Å². The molecule has 2 heterocycles. The van der Waals surface area contributed by atoms with Crippen molar-refractivity contribution in [1.29, 1.82) is 5.26 Å². The third kappa shape index (κ3) is 3.13. The van der Waals surface area contributed by atoms with Gasteiger partial charge >= 0.3 is 0 Å². The normalized spacial score (nSPS) is 14.1. The van der Waals surface area contributed by atoms with Gasteiger partial charge in [0.25, 0.3) is 5.69 Å². The van der Waals surface area contributed by atoms with Crippen molar-refractivity contribution in [2.45, 2.75) is 0 Å². The SMILES string of the molecule is N#Cc1c(N)nc(N)nc1-c1cc([N+](=O)[O-])ccc1N1CCOCC1. The summed E-state index contributed by atoms with van der Waals surface area (Å²) in [6, 6.07) is 6.36. The van der Waals surface area contributed by atoms with Crippen LogP contribution in [0.5, 0.6) is 0 Å². The molecule has 1 aliphatic rings. The zero-order valence-electron chi connectivity index (χ0n) is 13.2. The van der Waals surface area contributed by atoms with Gasteiger partial charge < -0.3 is 21.1 Å². The quantitative estimate of drug-likeness (QED) is 0.611. The minimum Gasteiger partial charge on any atom is -0.382 e. The van der Waals surface area contributed by atoms with Crippen LogP contribution in [-0.4, -0.2) is 41.2 Å². The van der Waals surface area contributed by atoms with Crippen molar-refractivity contribution < 1.29 is 9.66 Å². The Balaban J connectivity index is 2.24. The number of hydrogen-bond donors (Lipinski definition) is 2. The van der Waals surface area contributed by atoms with Crippen LogP contribution in [0.4, 0.5) is 23.1 Å². The van der Waals surface area contributed by atoms with E-state index in [9.17, 15) is 15.4 Å². The third-order valence-corrected chi connectivity index (χ3v) is 3.86. The topological polar surface area (TPSA) is 157 Å². The maximum absolute atomic E-state index is 11.2. The molecule has 3 rings (SSSR count). The van der Waals surface area contributed by atoms with Gasteiger partial charge in [0, 0.05) is 36.5 Å². The van der Waals surface area contributed by atoms with Crippen molar-refractivity contribution in [3.8, 4) is 17.3 Å². The molecule has 10 nitrogen and oxygen atoms in total. The Bertz CT molecular complexity index is 872. The van der Waals surface area contributed by atoms with Gasteiger partial charge in [-0.15, -0.1) is 0 Å². The molecule has 0 aliphatic carbocycles.